The highest BCUT2D eigenvalue weighted by Gasteiger charge is 2.30. The minimum absolute atomic E-state index is 0. The Morgan fingerprint density at radius 3 is 2.19 bits per heavy atom. The SMILES string of the molecule is COc1c(Oc2ccc(CCN)cc2)cc(C(=O)N2CCCC[C@H](N(C)C)C2)c(OC)c1OC.Cl.Cl. The van der Waals surface area contributed by atoms with Crippen LogP contribution in [-0.4, -0.2) is 76.8 Å². The average Bonchev–Trinajstić information content (AvgIpc) is 3.10. The molecule has 0 unspecified atom stereocenters. The molecule has 0 aliphatic carbocycles. The lowest BCUT2D eigenvalue weighted by atomic mass is 10.1. The molecule has 36 heavy (non-hydrogen) atoms. The molecule has 2 aromatic rings. The Balaban J connectivity index is 0.00000324. The summed E-state index contributed by atoms with van der Waals surface area (Å²) in [6.45, 7) is 1.93. The summed E-state index contributed by atoms with van der Waals surface area (Å²) >= 11 is 0. The summed E-state index contributed by atoms with van der Waals surface area (Å²) in [6, 6.07) is 9.69. The number of hydrogen-bond acceptors (Lipinski definition) is 7. The first-order chi connectivity index (χ1) is 16.4. The molecule has 0 saturated carbocycles. The summed E-state index contributed by atoms with van der Waals surface area (Å²) in [5.74, 6) is 1.91. The van der Waals surface area contributed by atoms with Gasteiger partial charge in [0, 0.05) is 25.2 Å². The van der Waals surface area contributed by atoms with E-state index in [0.717, 1.165) is 31.2 Å². The highest BCUT2D eigenvalue weighted by molar-refractivity contribution is 5.99. The molecule has 10 heteroatoms. The van der Waals surface area contributed by atoms with Gasteiger partial charge in [0.05, 0.1) is 26.9 Å². The Morgan fingerprint density at radius 1 is 1.00 bits per heavy atom. The number of nitrogens with two attached hydrogens (primary N) is 1. The van der Waals surface area contributed by atoms with E-state index in [4.69, 9.17) is 24.7 Å². The summed E-state index contributed by atoms with van der Waals surface area (Å²) < 4.78 is 23.1. The molecule has 1 fully saturated rings. The summed E-state index contributed by atoms with van der Waals surface area (Å²) in [5.41, 5.74) is 7.16. The second kappa shape index (κ2) is 15.0. The highest BCUT2D eigenvalue weighted by atomic mass is 35.5. The number of nitrogens with zero attached hydrogens (tertiary/aromatic N) is 2. The van der Waals surface area contributed by atoms with Crippen LogP contribution in [0.4, 0.5) is 0 Å². The lowest BCUT2D eigenvalue weighted by Crippen LogP contribution is -2.42. The Morgan fingerprint density at radius 2 is 1.64 bits per heavy atom. The maximum atomic E-state index is 13.8. The van der Waals surface area contributed by atoms with E-state index >= 15 is 0 Å². The number of ether oxygens (including phenoxy) is 4. The fraction of sp³-hybridized carbons (Fsp3) is 0.500. The van der Waals surface area contributed by atoms with Gasteiger partial charge in [-0.2, -0.15) is 0 Å². The molecule has 1 aliphatic rings. The van der Waals surface area contributed by atoms with Crippen molar-refractivity contribution in [1.82, 2.24) is 9.80 Å². The maximum Gasteiger partial charge on any atom is 0.257 e. The number of rotatable bonds is 9. The van der Waals surface area contributed by atoms with Crippen molar-refractivity contribution in [2.75, 3.05) is 55.1 Å². The Bertz CT molecular complexity index is 973. The molecule has 1 heterocycles. The molecule has 8 nitrogen and oxygen atoms in total. The van der Waals surface area contributed by atoms with Crippen molar-refractivity contribution in [2.24, 2.45) is 5.73 Å². The van der Waals surface area contributed by atoms with Gasteiger partial charge in [0.1, 0.15) is 5.75 Å². The second-order valence-corrected chi connectivity index (χ2v) is 8.67. The van der Waals surface area contributed by atoms with Crippen LogP contribution in [0, 0.1) is 0 Å². The number of methoxy groups -OCH3 is 3. The van der Waals surface area contributed by atoms with Crippen molar-refractivity contribution in [3.8, 4) is 28.7 Å². The zero-order valence-corrected chi connectivity index (χ0v) is 23.4. The van der Waals surface area contributed by atoms with Gasteiger partial charge in [-0.1, -0.05) is 18.6 Å². The van der Waals surface area contributed by atoms with Crippen molar-refractivity contribution < 1.29 is 23.7 Å². The summed E-state index contributed by atoms with van der Waals surface area (Å²) in [7, 11) is 8.69. The van der Waals surface area contributed by atoms with Gasteiger partial charge in [0.25, 0.3) is 5.91 Å². The van der Waals surface area contributed by atoms with E-state index in [0.29, 0.717) is 60.0 Å². The van der Waals surface area contributed by atoms with Crippen molar-refractivity contribution >= 4 is 30.7 Å². The van der Waals surface area contributed by atoms with Crippen LogP contribution in [0.5, 0.6) is 28.7 Å². The summed E-state index contributed by atoms with van der Waals surface area (Å²) in [4.78, 5) is 17.8. The van der Waals surface area contributed by atoms with Gasteiger partial charge in [0.15, 0.2) is 11.5 Å². The average molecular weight is 545 g/mol. The lowest BCUT2D eigenvalue weighted by Gasteiger charge is -2.29. The molecular weight excluding hydrogens is 505 g/mol. The van der Waals surface area contributed by atoms with E-state index in [-0.39, 0.29) is 30.7 Å². The molecule has 3 rings (SSSR count). The van der Waals surface area contributed by atoms with Crippen LogP contribution in [0.15, 0.2) is 30.3 Å². The third kappa shape index (κ3) is 7.32. The fourth-order valence-corrected chi connectivity index (χ4v) is 4.33. The van der Waals surface area contributed by atoms with Crippen LogP contribution in [0.1, 0.15) is 35.2 Å². The molecule has 2 N–H and O–H groups in total. The zero-order valence-electron chi connectivity index (χ0n) is 21.7. The van der Waals surface area contributed by atoms with Gasteiger partial charge in [-0.25, -0.2) is 0 Å². The fourth-order valence-electron chi connectivity index (χ4n) is 4.33. The van der Waals surface area contributed by atoms with Crippen molar-refractivity contribution in [3.05, 3.63) is 41.5 Å². The van der Waals surface area contributed by atoms with Crippen LogP contribution >= 0.6 is 24.8 Å². The van der Waals surface area contributed by atoms with Crippen molar-refractivity contribution in [3.63, 3.8) is 0 Å². The topological polar surface area (TPSA) is 86.5 Å². The number of halogens is 2. The van der Waals surface area contributed by atoms with Crippen LogP contribution < -0.4 is 24.7 Å². The highest BCUT2D eigenvalue weighted by Crippen LogP contribution is 2.48. The van der Waals surface area contributed by atoms with Crippen LogP contribution in [0.3, 0.4) is 0 Å². The third-order valence-corrected chi connectivity index (χ3v) is 6.25. The molecule has 1 amide bonds. The van der Waals surface area contributed by atoms with Gasteiger partial charge in [-0.3, -0.25) is 4.79 Å². The molecule has 1 atom stereocenters. The second-order valence-electron chi connectivity index (χ2n) is 8.67. The first-order valence-corrected chi connectivity index (χ1v) is 11.7. The Kier molecular flexibility index (Phi) is 13.2. The van der Waals surface area contributed by atoms with Crippen LogP contribution in [-0.2, 0) is 6.42 Å². The van der Waals surface area contributed by atoms with Crippen molar-refractivity contribution in [1.29, 1.82) is 0 Å². The van der Waals surface area contributed by atoms with Crippen molar-refractivity contribution in [2.45, 2.75) is 31.7 Å². The Labute approximate surface area is 226 Å². The number of amides is 1. The van der Waals surface area contributed by atoms with E-state index in [1.807, 2.05) is 29.2 Å². The first kappa shape index (κ1) is 31.6. The quantitative estimate of drug-likeness (QED) is 0.501. The van der Waals surface area contributed by atoms with Gasteiger partial charge in [-0.05, 0) is 57.6 Å². The number of likely N-dealkylation sites (N-methyl/N-ethyl adjacent to an activating group) is 1. The van der Waals surface area contributed by atoms with Crippen LogP contribution in [0.2, 0.25) is 0 Å². The molecule has 0 radical (unpaired) electrons. The molecule has 2 aromatic carbocycles. The number of benzene rings is 2. The lowest BCUT2D eigenvalue weighted by molar-refractivity contribution is 0.0721. The third-order valence-electron chi connectivity index (χ3n) is 6.25. The minimum atomic E-state index is -0.116. The van der Waals surface area contributed by atoms with E-state index in [9.17, 15) is 4.79 Å². The largest absolute Gasteiger partial charge is 0.492 e. The Hall–Kier alpha value is -2.39. The molecule has 202 valence electrons. The number of hydrogen-bond donors (Lipinski definition) is 1. The standard InChI is InChI=1S/C26H37N3O5.2ClH/c1-28(2)19-8-6-7-15-29(17-19)26(30)21-16-22(24(32-4)25(33-5)23(21)31-3)34-20-11-9-18(10-12-20)13-14-27;;/h9-12,16,19H,6-8,13-15,17,27H2,1-5H3;2*1H/t19-;;/m0../s1. The van der Waals surface area contributed by atoms with E-state index in [1.54, 1.807) is 6.07 Å². The molecular formula is C26H39Cl2N3O5. The maximum absolute atomic E-state index is 13.8. The molecule has 1 saturated heterocycles. The van der Waals surface area contributed by atoms with Crippen LogP contribution in [0.25, 0.3) is 0 Å². The minimum Gasteiger partial charge on any atom is -0.492 e. The normalized spacial score (nSPS) is 15.3. The molecule has 0 aromatic heterocycles. The number of carbonyl (C=O) groups excluding carboxylic acids is 1. The molecule has 1 aliphatic heterocycles. The summed E-state index contributed by atoms with van der Waals surface area (Å²) in [5, 5.41) is 0. The van der Waals surface area contributed by atoms with Gasteiger partial charge in [-0.15, -0.1) is 24.8 Å². The predicted octanol–water partition coefficient (Wildman–Crippen LogP) is 4.41. The van der Waals surface area contributed by atoms with E-state index in [1.165, 1.54) is 21.3 Å². The van der Waals surface area contributed by atoms with Gasteiger partial charge < -0.3 is 34.5 Å². The smallest absolute Gasteiger partial charge is 0.257 e. The van der Waals surface area contributed by atoms with E-state index < -0.39 is 0 Å². The van der Waals surface area contributed by atoms with E-state index in [2.05, 4.69) is 19.0 Å². The first-order valence-electron chi connectivity index (χ1n) is 11.7. The van der Waals surface area contributed by atoms with Gasteiger partial charge >= 0.3 is 0 Å². The number of likely N-dealkylation sites (tertiary alicyclic amines) is 1. The van der Waals surface area contributed by atoms with Gasteiger partial charge in [0.2, 0.25) is 11.5 Å². The summed E-state index contributed by atoms with van der Waals surface area (Å²) in [6.07, 6.45) is 3.91. The zero-order chi connectivity index (χ0) is 24.7. The predicted molar refractivity (Wildman–Crippen MR) is 147 cm³/mol. The molecule has 0 spiro atoms. The number of carbonyl (C=O) groups is 1. The monoisotopic (exact) mass is 543 g/mol. The molecule has 0 bridgehead atoms.